The van der Waals surface area contributed by atoms with Crippen LogP contribution in [0.5, 0.6) is 0 Å². The maximum Gasteiger partial charge on any atom is 0.221 e. The van der Waals surface area contributed by atoms with Crippen LogP contribution < -0.4 is 10.9 Å². The van der Waals surface area contributed by atoms with Crippen LogP contribution in [0, 0.1) is 0 Å². The van der Waals surface area contributed by atoms with Crippen molar-refractivity contribution in [2.24, 2.45) is 0 Å². The number of nitrogens with one attached hydrogen (secondary N) is 2. The van der Waals surface area contributed by atoms with Crippen molar-refractivity contribution >= 4 is 6.41 Å². The fourth-order valence-electron chi connectivity index (χ4n) is 0.850. The molecule has 0 aliphatic carbocycles. The zero-order valence-corrected chi connectivity index (χ0v) is 6.66. The summed E-state index contributed by atoms with van der Waals surface area (Å²) in [4.78, 5) is 13.9. The van der Waals surface area contributed by atoms with E-state index in [0.717, 1.165) is 12.1 Å². The SMILES string of the molecule is O=CNNCCc1ccccn1. The number of pyridine rings is 1. The molecular formula is C8H11N3O. The molecule has 1 rings (SSSR count). The molecule has 4 heteroatoms. The van der Waals surface area contributed by atoms with Gasteiger partial charge in [-0.05, 0) is 12.1 Å². The minimum atomic E-state index is 0.610. The van der Waals surface area contributed by atoms with Crippen LogP contribution in [0.4, 0.5) is 0 Å². The van der Waals surface area contributed by atoms with Gasteiger partial charge in [0.1, 0.15) is 0 Å². The van der Waals surface area contributed by atoms with E-state index in [9.17, 15) is 4.79 Å². The van der Waals surface area contributed by atoms with Crippen molar-refractivity contribution in [3.8, 4) is 0 Å². The van der Waals surface area contributed by atoms with Gasteiger partial charge in [-0.3, -0.25) is 15.2 Å². The van der Waals surface area contributed by atoms with Gasteiger partial charge in [-0.2, -0.15) is 0 Å². The third-order valence-electron chi connectivity index (χ3n) is 1.39. The van der Waals surface area contributed by atoms with Crippen LogP contribution in [-0.4, -0.2) is 17.9 Å². The van der Waals surface area contributed by atoms with Crippen LogP contribution in [0.3, 0.4) is 0 Å². The summed E-state index contributed by atoms with van der Waals surface area (Å²) in [6.45, 7) is 0.690. The first-order valence-electron chi connectivity index (χ1n) is 3.75. The normalized spacial score (nSPS) is 9.33. The molecule has 0 fully saturated rings. The Labute approximate surface area is 71.0 Å². The topological polar surface area (TPSA) is 54.0 Å². The number of aromatic nitrogens is 1. The van der Waals surface area contributed by atoms with E-state index in [0.29, 0.717) is 13.0 Å². The number of amides is 1. The predicted molar refractivity (Wildman–Crippen MR) is 45.1 cm³/mol. The van der Waals surface area contributed by atoms with Gasteiger partial charge in [0.2, 0.25) is 6.41 Å². The maximum absolute atomic E-state index is 9.83. The Bertz CT molecular complexity index is 225. The van der Waals surface area contributed by atoms with Crippen molar-refractivity contribution in [2.45, 2.75) is 6.42 Å². The molecule has 0 saturated carbocycles. The summed E-state index contributed by atoms with van der Waals surface area (Å²) < 4.78 is 0. The molecule has 0 spiro atoms. The highest BCUT2D eigenvalue weighted by atomic mass is 16.1. The Kier molecular flexibility index (Phi) is 3.80. The molecule has 0 aromatic carbocycles. The van der Waals surface area contributed by atoms with Crippen molar-refractivity contribution in [1.82, 2.24) is 15.8 Å². The van der Waals surface area contributed by atoms with Crippen molar-refractivity contribution in [3.05, 3.63) is 30.1 Å². The summed E-state index contributed by atoms with van der Waals surface area (Å²) in [5.74, 6) is 0. The Balaban J connectivity index is 2.20. The molecule has 64 valence electrons. The average molecular weight is 165 g/mol. The number of carbonyl (C=O) groups excluding carboxylic acids is 1. The van der Waals surface area contributed by atoms with Gasteiger partial charge in [0, 0.05) is 24.9 Å². The highest BCUT2D eigenvalue weighted by Gasteiger charge is 1.90. The lowest BCUT2D eigenvalue weighted by Gasteiger charge is -2.00. The van der Waals surface area contributed by atoms with Crippen molar-refractivity contribution in [1.29, 1.82) is 0 Å². The van der Waals surface area contributed by atoms with Gasteiger partial charge in [0.05, 0.1) is 0 Å². The van der Waals surface area contributed by atoms with Crippen molar-refractivity contribution < 1.29 is 4.79 Å². The van der Waals surface area contributed by atoms with E-state index in [1.807, 2.05) is 18.2 Å². The van der Waals surface area contributed by atoms with Gasteiger partial charge in [-0.25, -0.2) is 5.43 Å². The van der Waals surface area contributed by atoms with E-state index in [-0.39, 0.29) is 0 Å². The van der Waals surface area contributed by atoms with Crippen molar-refractivity contribution in [3.63, 3.8) is 0 Å². The number of hydrogen-bond donors (Lipinski definition) is 2. The molecular weight excluding hydrogens is 154 g/mol. The monoisotopic (exact) mass is 165 g/mol. The summed E-state index contributed by atoms with van der Waals surface area (Å²) >= 11 is 0. The first-order chi connectivity index (χ1) is 5.93. The van der Waals surface area contributed by atoms with Gasteiger partial charge < -0.3 is 0 Å². The van der Waals surface area contributed by atoms with Crippen LogP contribution >= 0.6 is 0 Å². The summed E-state index contributed by atoms with van der Waals surface area (Å²) in [5.41, 5.74) is 6.10. The molecule has 0 radical (unpaired) electrons. The van der Waals surface area contributed by atoms with E-state index < -0.39 is 0 Å². The van der Waals surface area contributed by atoms with E-state index in [1.54, 1.807) is 6.20 Å². The van der Waals surface area contributed by atoms with Crippen LogP contribution in [-0.2, 0) is 11.2 Å². The number of rotatable bonds is 5. The third-order valence-corrected chi connectivity index (χ3v) is 1.39. The Morgan fingerprint density at radius 2 is 2.42 bits per heavy atom. The molecule has 0 aliphatic rings. The van der Waals surface area contributed by atoms with E-state index >= 15 is 0 Å². The maximum atomic E-state index is 9.83. The number of nitrogens with zero attached hydrogens (tertiary/aromatic N) is 1. The second kappa shape index (κ2) is 5.26. The number of carbonyl (C=O) groups is 1. The third kappa shape index (κ3) is 3.12. The summed E-state index contributed by atoms with van der Waals surface area (Å²) in [6.07, 6.45) is 3.17. The van der Waals surface area contributed by atoms with Gasteiger partial charge in [0.15, 0.2) is 0 Å². The second-order valence-electron chi connectivity index (χ2n) is 2.26. The van der Waals surface area contributed by atoms with E-state index in [4.69, 9.17) is 0 Å². The number of hydrogen-bond acceptors (Lipinski definition) is 3. The predicted octanol–water partition coefficient (Wildman–Crippen LogP) is -0.125. The lowest BCUT2D eigenvalue weighted by Crippen LogP contribution is -2.32. The average Bonchev–Trinajstić information content (AvgIpc) is 2.14. The molecule has 0 aliphatic heterocycles. The summed E-state index contributed by atoms with van der Waals surface area (Å²) in [5, 5.41) is 0. The van der Waals surface area contributed by atoms with Crippen molar-refractivity contribution in [2.75, 3.05) is 6.54 Å². The zero-order chi connectivity index (χ0) is 8.65. The van der Waals surface area contributed by atoms with Crippen LogP contribution in [0.15, 0.2) is 24.4 Å². The summed E-state index contributed by atoms with van der Waals surface area (Å²) in [7, 11) is 0. The highest BCUT2D eigenvalue weighted by Crippen LogP contribution is 1.92. The van der Waals surface area contributed by atoms with Gasteiger partial charge in [-0.15, -0.1) is 0 Å². The lowest BCUT2D eigenvalue weighted by atomic mass is 10.3. The molecule has 0 saturated heterocycles. The van der Waals surface area contributed by atoms with Crippen LogP contribution in [0.2, 0.25) is 0 Å². The molecule has 1 heterocycles. The minimum absolute atomic E-state index is 0.610. The van der Waals surface area contributed by atoms with Gasteiger partial charge in [-0.1, -0.05) is 6.07 Å². The molecule has 4 nitrogen and oxygen atoms in total. The molecule has 1 aromatic heterocycles. The zero-order valence-electron chi connectivity index (χ0n) is 6.66. The minimum Gasteiger partial charge on any atom is -0.294 e. The smallest absolute Gasteiger partial charge is 0.221 e. The molecule has 1 amide bonds. The second-order valence-corrected chi connectivity index (χ2v) is 2.26. The molecule has 1 aromatic rings. The largest absolute Gasteiger partial charge is 0.294 e. The van der Waals surface area contributed by atoms with Crippen LogP contribution in [0.25, 0.3) is 0 Å². The molecule has 0 atom stereocenters. The van der Waals surface area contributed by atoms with E-state index in [1.165, 1.54) is 0 Å². The van der Waals surface area contributed by atoms with E-state index in [2.05, 4.69) is 15.8 Å². The van der Waals surface area contributed by atoms with Gasteiger partial charge in [0.25, 0.3) is 0 Å². The molecule has 2 N–H and O–H groups in total. The highest BCUT2D eigenvalue weighted by molar-refractivity contribution is 5.44. The quantitative estimate of drug-likeness (QED) is 0.363. The Hall–Kier alpha value is -1.42. The molecule has 0 unspecified atom stereocenters. The Morgan fingerprint density at radius 1 is 1.50 bits per heavy atom. The first kappa shape index (κ1) is 8.67. The van der Waals surface area contributed by atoms with Crippen LogP contribution in [0.1, 0.15) is 5.69 Å². The standard InChI is InChI=1S/C8H11N3O/c12-7-11-10-6-4-8-3-1-2-5-9-8/h1-3,5,7,10H,4,6H2,(H,11,12). The molecule has 0 bridgehead atoms. The molecule has 12 heavy (non-hydrogen) atoms. The lowest BCUT2D eigenvalue weighted by molar-refractivity contribution is -0.110. The fourth-order valence-corrected chi connectivity index (χ4v) is 0.850. The number of hydrazine groups is 1. The summed E-state index contributed by atoms with van der Waals surface area (Å²) in [6, 6.07) is 5.76. The first-order valence-corrected chi connectivity index (χ1v) is 3.75. The Morgan fingerprint density at radius 3 is 3.08 bits per heavy atom. The fraction of sp³-hybridized carbons (Fsp3) is 0.250. The van der Waals surface area contributed by atoms with Gasteiger partial charge >= 0.3 is 0 Å².